The van der Waals surface area contributed by atoms with Crippen molar-refractivity contribution in [2.24, 2.45) is 0 Å². The quantitative estimate of drug-likeness (QED) is 0.693. The number of ether oxygens (including phenoxy) is 2. The Morgan fingerprint density at radius 3 is 2.37 bits per heavy atom. The summed E-state index contributed by atoms with van der Waals surface area (Å²) in [5.74, 6) is 1.47. The number of sulfonamides is 1. The Balaban J connectivity index is 2.01. The lowest BCUT2D eigenvalue weighted by atomic mass is 9.86. The molecule has 2 rings (SSSR count). The summed E-state index contributed by atoms with van der Waals surface area (Å²) in [7, 11) is -2.02. The normalized spacial score (nSPS) is 12.0. The van der Waals surface area contributed by atoms with Gasteiger partial charge in [0.15, 0.2) is 0 Å². The van der Waals surface area contributed by atoms with E-state index in [0.717, 1.165) is 16.9 Å². The molecule has 0 aliphatic carbocycles. The molecule has 0 aliphatic heterocycles. The second-order valence-corrected chi connectivity index (χ2v) is 9.09. The monoisotopic (exact) mass is 391 g/mol. The molecule has 148 valence electrons. The predicted molar refractivity (Wildman–Crippen MR) is 108 cm³/mol. The van der Waals surface area contributed by atoms with Crippen LogP contribution in [0.1, 0.15) is 38.8 Å². The van der Waals surface area contributed by atoms with Crippen LogP contribution in [0.15, 0.2) is 47.4 Å². The SMILES string of the molecule is CCc1cc(S(=O)(=O)NCCOc2ccccc2C(C)(C)C)ccc1OC. The summed E-state index contributed by atoms with van der Waals surface area (Å²) in [6.07, 6.45) is 0.694. The van der Waals surface area contributed by atoms with Crippen molar-refractivity contribution >= 4 is 10.0 Å². The van der Waals surface area contributed by atoms with Crippen molar-refractivity contribution in [3.8, 4) is 11.5 Å². The minimum atomic E-state index is -3.60. The average Bonchev–Trinajstić information content (AvgIpc) is 2.64. The van der Waals surface area contributed by atoms with Crippen molar-refractivity contribution in [1.29, 1.82) is 0 Å². The maximum Gasteiger partial charge on any atom is 0.240 e. The predicted octanol–water partition coefficient (Wildman–Crippen LogP) is 3.91. The van der Waals surface area contributed by atoms with Crippen molar-refractivity contribution in [2.75, 3.05) is 20.3 Å². The van der Waals surface area contributed by atoms with E-state index in [0.29, 0.717) is 12.2 Å². The molecule has 2 aromatic carbocycles. The molecule has 0 spiro atoms. The smallest absolute Gasteiger partial charge is 0.240 e. The van der Waals surface area contributed by atoms with Gasteiger partial charge in [-0.2, -0.15) is 0 Å². The topological polar surface area (TPSA) is 64.6 Å². The Morgan fingerprint density at radius 2 is 1.74 bits per heavy atom. The molecule has 0 radical (unpaired) electrons. The molecule has 0 unspecified atom stereocenters. The lowest BCUT2D eigenvalue weighted by Gasteiger charge is -2.22. The zero-order valence-electron chi connectivity index (χ0n) is 16.7. The highest BCUT2D eigenvalue weighted by atomic mass is 32.2. The average molecular weight is 392 g/mol. The van der Waals surface area contributed by atoms with Crippen LogP contribution in [0.3, 0.4) is 0 Å². The van der Waals surface area contributed by atoms with Gasteiger partial charge in [-0.3, -0.25) is 0 Å². The van der Waals surface area contributed by atoms with Crippen molar-refractivity contribution in [3.05, 3.63) is 53.6 Å². The Bertz CT molecular complexity index is 870. The molecule has 0 saturated carbocycles. The molecule has 0 atom stereocenters. The van der Waals surface area contributed by atoms with Crippen LogP contribution in [0, 0.1) is 0 Å². The highest BCUT2D eigenvalue weighted by Crippen LogP contribution is 2.30. The molecular formula is C21H29NO4S. The number of benzene rings is 2. The summed E-state index contributed by atoms with van der Waals surface area (Å²) >= 11 is 0. The molecule has 6 heteroatoms. The van der Waals surface area contributed by atoms with Gasteiger partial charge in [0, 0.05) is 6.54 Å². The molecule has 0 amide bonds. The van der Waals surface area contributed by atoms with Gasteiger partial charge in [-0.05, 0) is 47.2 Å². The van der Waals surface area contributed by atoms with Gasteiger partial charge in [0.1, 0.15) is 18.1 Å². The van der Waals surface area contributed by atoms with E-state index in [-0.39, 0.29) is 23.5 Å². The first kappa shape index (κ1) is 21.3. The number of para-hydroxylation sites is 1. The maximum atomic E-state index is 12.5. The van der Waals surface area contributed by atoms with Gasteiger partial charge in [0.25, 0.3) is 0 Å². The minimum Gasteiger partial charge on any atom is -0.496 e. The van der Waals surface area contributed by atoms with E-state index in [1.165, 1.54) is 0 Å². The summed E-state index contributed by atoms with van der Waals surface area (Å²) in [6, 6.07) is 12.7. The van der Waals surface area contributed by atoms with Crippen molar-refractivity contribution in [3.63, 3.8) is 0 Å². The Labute approximate surface area is 162 Å². The van der Waals surface area contributed by atoms with Gasteiger partial charge in [0.2, 0.25) is 10.0 Å². The van der Waals surface area contributed by atoms with Crippen molar-refractivity contribution < 1.29 is 17.9 Å². The van der Waals surface area contributed by atoms with Crippen LogP contribution in [0.2, 0.25) is 0 Å². The Hall–Kier alpha value is -2.05. The zero-order valence-corrected chi connectivity index (χ0v) is 17.5. The second-order valence-electron chi connectivity index (χ2n) is 7.32. The Morgan fingerprint density at radius 1 is 1.04 bits per heavy atom. The van der Waals surface area contributed by atoms with Gasteiger partial charge in [-0.15, -0.1) is 0 Å². The van der Waals surface area contributed by atoms with Crippen molar-refractivity contribution in [2.45, 2.75) is 44.4 Å². The van der Waals surface area contributed by atoms with E-state index in [1.54, 1.807) is 25.3 Å². The first-order valence-corrected chi connectivity index (χ1v) is 10.6. The number of rotatable bonds is 8. The highest BCUT2D eigenvalue weighted by molar-refractivity contribution is 7.89. The molecule has 0 saturated heterocycles. The first-order chi connectivity index (χ1) is 12.7. The molecular weight excluding hydrogens is 362 g/mol. The number of nitrogens with one attached hydrogen (secondary N) is 1. The molecule has 0 aliphatic rings. The summed E-state index contributed by atoms with van der Waals surface area (Å²) in [6.45, 7) is 8.76. The number of aryl methyl sites for hydroxylation is 1. The fourth-order valence-electron chi connectivity index (χ4n) is 2.83. The van der Waals surface area contributed by atoms with Gasteiger partial charge < -0.3 is 9.47 Å². The first-order valence-electron chi connectivity index (χ1n) is 9.08. The lowest BCUT2D eigenvalue weighted by Crippen LogP contribution is -2.28. The van der Waals surface area contributed by atoms with Crippen LogP contribution in [0.25, 0.3) is 0 Å². The van der Waals surface area contributed by atoms with Gasteiger partial charge in [0.05, 0.1) is 12.0 Å². The lowest BCUT2D eigenvalue weighted by molar-refractivity contribution is 0.314. The van der Waals surface area contributed by atoms with E-state index in [1.807, 2.05) is 31.2 Å². The van der Waals surface area contributed by atoms with Crippen LogP contribution >= 0.6 is 0 Å². The zero-order chi connectivity index (χ0) is 20.1. The maximum absolute atomic E-state index is 12.5. The molecule has 0 bridgehead atoms. The minimum absolute atomic E-state index is 0.0459. The van der Waals surface area contributed by atoms with Crippen LogP contribution in [-0.2, 0) is 21.9 Å². The standard InChI is InChI=1S/C21H29NO4S/c1-6-16-15-17(11-12-19(16)25-5)27(23,24)22-13-14-26-20-10-8-7-9-18(20)21(2,3)4/h7-12,15,22H,6,13-14H2,1-5H3. The van der Waals surface area contributed by atoms with Crippen LogP contribution in [-0.4, -0.2) is 28.7 Å². The third kappa shape index (κ3) is 5.47. The van der Waals surface area contributed by atoms with Gasteiger partial charge >= 0.3 is 0 Å². The number of hydrogen-bond donors (Lipinski definition) is 1. The summed E-state index contributed by atoms with van der Waals surface area (Å²) in [5, 5.41) is 0. The molecule has 0 aromatic heterocycles. The van der Waals surface area contributed by atoms with Crippen LogP contribution < -0.4 is 14.2 Å². The van der Waals surface area contributed by atoms with Gasteiger partial charge in [-0.25, -0.2) is 13.1 Å². The molecule has 0 fully saturated rings. The van der Waals surface area contributed by atoms with E-state index < -0.39 is 10.0 Å². The largest absolute Gasteiger partial charge is 0.496 e. The van der Waals surface area contributed by atoms with Gasteiger partial charge in [-0.1, -0.05) is 45.9 Å². The highest BCUT2D eigenvalue weighted by Gasteiger charge is 2.19. The summed E-state index contributed by atoms with van der Waals surface area (Å²) < 4.78 is 38.7. The van der Waals surface area contributed by atoms with E-state index in [9.17, 15) is 8.42 Å². The fraction of sp³-hybridized carbons (Fsp3) is 0.429. The fourth-order valence-corrected chi connectivity index (χ4v) is 3.89. The summed E-state index contributed by atoms with van der Waals surface area (Å²) in [4.78, 5) is 0.232. The number of hydrogen-bond acceptors (Lipinski definition) is 4. The summed E-state index contributed by atoms with van der Waals surface area (Å²) in [5.41, 5.74) is 1.90. The van der Waals surface area contributed by atoms with Crippen molar-refractivity contribution in [1.82, 2.24) is 4.72 Å². The van der Waals surface area contributed by atoms with Crippen LogP contribution in [0.5, 0.6) is 11.5 Å². The third-order valence-electron chi connectivity index (χ3n) is 4.29. The van der Waals surface area contributed by atoms with E-state index in [2.05, 4.69) is 25.5 Å². The molecule has 0 heterocycles. The molecule has 1 N–H and O–H groups in total. The van der Waals surface area contributed by atoms with Crippen LogP contribution in [0.4, 0.5) is 0 Å². The molecule has 2 aromatic rings. The molecule has 27 heavy (non-hydrogen) atoms. The third-order valence-corrected chi connectivity index (χ3v) is 5.75. The molecule has 5 nitrogen and oxygen atoms in total. The van der Waals surface area contributed by atoms with E-state index >= 15 is 0 Å². The Kier molecular flexibility index (Phi) is 6.89. The van der Waals surface area contributed by atoms with E-state index in [4.69, 9.17) is 9.47 Å². The second kappa shape index (κ2) is 8.76. The number of methoxy groups -OCH3 is 1.